The Bertz CT molecular complexity index is 500. The second kappa shape index (κ2) is 5.53. The molecule has 3 amide bonds. The first-order chi connectivity index (χ1) is 9.96. The number of piperidine rings is 1. The molecule has 0 aromatic rings. The Labute approximate surface area is 135 Å². The van der Waals surface area contributed by atoms with Crippen LogP contribution in [0.2, 0.25) is 0 Å². The molecule has 7 heteroatoms. The Hall–Kier alpha value is -1.08. The van der Waals surface area contributed by atoms with Crippen molar-refractivity contribution >= 4 is 28.8 Å². The maximum atomic E-state index is 12.9. The van der Waals surface area contributed by atoms with Gasteiger partial charge in [0.05, 0.1) is 0 Å². The van der Waals surface area contributed by atoms with E-state index in [9.17, 15) is 14.4 Å². The molecule has 22 heavy (non-hydrogen) atoms. The Balaban J connectivity index is 2.17. The molecule has 0 unspecified atom stereocenters. The summed E-state index contributed by atoms with van der Waals surface area (Å²) in [4.78, 5) is 37.4. The third kappa shape index (κ3) is 3.46. The van der Waals surface area contributed by atoms with Gasteiger partial charge in [-0.25, -0.2) is 4.79 Å². The highest BCUT2D eigenvalue weighted by molar-refractivity contribution is 8.13. The van der Waals surface area contributed by atoms with Gasteiger partial charge in [-0.15, -0.1) is 0 Å². The lowest BCUT2D eigenvalue weighted by atomic mass is 9.71. The minimum Gasteiger partial charge on any atom is -0.323 e. The van der Waals surface area contributed by atoms with Crippen LogP contribution in [0.3, 0.4) is 0 Å². The molecule has 0 aliphatic carbocycles. The summed E-state index contributed by atoms with van der Waals surface area (Å²) in [6.45, 7) is 9.93. The van der Waals surface area contributed by atoms with Gasteiger partial charge < -0.3 is 10.6 Å². The van der Waals surface area contributed by atoms with Crippen molar-refractivity contribution in [2.75, 3.05) is 12.3 Å². The lowest BCUT2D eigenvalue weighted by molar-refractivity contribution is -0.134. The van der Waals surface area contributed by atoms with E-state index in [1.165, 1.54) is 11.8 Å². The zero-order valence-corrected chi connectivity index (χ0v) is 14.7. The smallest absolute Gasteiger partial charge is 0.323 e. The minimum atomic E-state index is -0.837. The van der Waals surface area contributed by atoms with E-state index in [4.69, 9.17) is 0 Å². The molecular weight excluding hydrogens is 302 g/mol. The van der Waals surface area contributed by atoms with Crippen LogP contribution in [0.15, 0.2) is 0 Å². The highest BCUT2D eigenvalue weighted by Crippen LogP contribution is 2.39. The predicted octanol–water partition coefficient (Wildman–Crippen LogP) is 1.50. The van der Waals surface area contributed by atoms with E-state index in [1.54, 1.807) is 0 Å². The first kappa shape index (κ1) is 17.3. The minimum absolute atomic E-state index is 0.00843. The van der Waals surface area contributed by atoms with Crippen molar-refractivity contribution in [3.63, 3.8) is 0 Å². The molecule has 2 saturated heterocycles. The number of thioether (sulfide) groups is 1. The molecular formula is C15H25N3O3S. The fourth-order valence-corrected chi connectivity index (χ4v) is 4.54. The SMILES string of the molecule is CC(=O)SCCN1C(=O)NC2(CC(C)(C)NC(C)(C)C2)C1=O. The van der Waals surface area contributed by atoms with E-state index in [2.05, 4.69) is 10.6 Å². The van der Waals surface area contributed by atoms with E-state index < -0.39 is 5.54 Å². The third-order valence-corrected chi connectivity index (χ3v) is 4.82. The van der Waals surface area contributed by atoms with E-state index >= 15 is 0 Å². The molecule has 0 atom stereocenters. The molecule has 2 heterocycles. The van der Waals surface area contributed by atoms with Crippen LogP contribution in [0.4, 0.5) is 4.79 Å². The van der Waals surface area contributed by atoms with E-state index in [1.807, 2.05) is 27.7 Å². The van der Waals surface area contributed by atoms with E-state index in [0.29, 0.717) is 18.6 Å². The number of rotatable bonds is 3. The number of carbonyl (C=O) groups is 3. The summed E-state index contributed by atoms with van der Waals surface area (Å²) in [6, 6.07) is -0.345. The second-order valence-corrected chi connectivity index (χ2v) is 8.83. The monoisotopic (exact) mass is 327 g/mol. The van der Waals surface area contributed by atoms with Crippen molar-refractivity contribution in [2.45, 2.75) is 64.1 Å². The molecule has 1 spiro atoms. The van der Waals surface area contributed by atoms with Gasteiger partial charge in [0.2, 0.25) is 0 Å². The lowest BCUT2D eigenvalue weighted by Crippen LogP contribution is -2.68. The van der Waals surface area contributed by atoms with Crippen LogP contribution in [0.1, 0.15) is 47.5 Å². The standard InChI is InChI=1S/C15H25N3O3S/c1-10(19)22-7-6-18-11(20)15(16-12(18)21)8-13(2,3)17-14(4,5)9-15/h17H,6-9H2,1-5H3,(H,16,21). The molecule has 0 aromatic heterocycles. The number of hydrogen-bond acceptors (Lipinski definition) is 5. The highest BCUT2D eigenvalue weighted by atomic mass is 32.2. The van der Waals surface area contributed by atoms with Gasteiger partial charge in [0, 0.05) is 30.3 Å². The van der Waals surface area contributed by atoms with Crippen molar-refractivity contribution in [3.8, 4) is 0 Å². The molecule has 2 rings (SSSR count). The van der Waals surface area contributed by atoms with Gasteiger partial charge in [-0.2, -0.15) is 0 Å². The van der Waals surface area contributed by atoms with Gasteiger partial charge >= 0.3 is 6.03 Å². The zero-order chi connectivity index (χ0) is 16.8. The van der Waals surface area contributed by atoms with E-state index in [0.717, 1.165) is 11.8 Å². The van der Waals surface area contributed by atoms with E-state index in [-0.39, 0.29) is 34.7 Å². The van der Waals surface area contributed by atoms with Crippen molar-refractivity contribution < 1.29 is 14.4 Å². The van der Waals surface area contributed by atoms with Crippen molar-refractivity contribution in [1.29, 1.82) is 0 Å². The van der Waals surface area contributed by atoms with Gasteiger partial charge in [-0.3, -0.25) is 14.5 Å². The lowest BCUT2D eigenvalue weighted by Gasteiger charge is -2.50. The fraction of sp³-hybridized carbons (Fsp3) is 0.800. The third-order valence-electron chi connectivity index (χ3n) is 4.03. The number of carbonyl (C=O) groups excluding carboxylic acids is 3. The maximum Gasteiger partial charge on any atom is 0.325 e. The number of nitrogens with zero attached hydrogens (tertiary/aromatic N) is 1. The molecule has 124 valence electrons. The first-order valence-corrected chi connectivity index (χ1v) is 8.52. The van der Waals surface area contributed by atoms with Crippen LogP contribution >= 0.6 is 11.8 Å². The Morgan fingerprint density at radius 1 is 1.18 bits per heavy atom. The van der Waals surface area contributed by atoms with Gasteiger partial charge in [-0.1, -0.05) is 11.8 Å². The first-order valence-electron chi connectivity index (χ1n) is 7.53. The average Bonchev–Trinajstić information content (AvgIpc) is 2.47. The average molecular weight is 327 g/mol. The van der Waals surface area contributed by atoms with Crippen LogP contribution in [0.5, 0.6) is 0 Å². The van der Waals surface area contributed by atoms with Crippen molar-refractivity contribution in [1.82, 2.24) is 15.5 Å². The van der Waals surface area contributed by atoms with Crippen molar-refractivity contribution in [3.05, 3.63) is 0 Å². The van der Waals surface area contributed by atoms with Crippen LogP contribution in [0, 0.1) is 0 Å². The Kier molecular flexibility index (Phi) is 4.34. The Morgan fingerprint density at radius 3 is 2.23 bits per heavy atom. The molecule has 2 aliphatic rings. The Morgan fingerprint density at radius 2 is 1.73 bits per heavy atom. The predicted molar refractivity (Wildman–Crippen MR) is 86.6 cm³/mol. The zero-order valence-electron chi connectivity index (χ0n) is 13.9. The normalized spacial score (nSPS) is 25.4. The summed E-state index contributed by atoms with van der Waals surface area (Å²) >= 11 is 1.13. The summed E-state index contributed by atoms with van der Waals surface area (Å²) < 4.78 is 0. The number of nitrogens with one attached hydrogen (secondary N) is 2. The molecule has 2 fully saturated rings. The van der Waals surface area contributed by atoms with Crippen LogP contribution in [0.25, 0.3) is 0 Å². The fourth-order valence-electron chi connectivity index (χ4n) is 3.98. The number of imide groups is 1. The molecule has 0 radical (unpaired) electrons. The summed E-state index contributed by atoms with van der Waals surface area (Å²) in [5.74, 6) is 0.277. The topological polar surface area (TPSA) is 78.5 Å². The largest absolute Gasteiger partial charge is 0.325 e. The highest BCUT2D eigenvalue weighted by Gasteiger charge is 2.58. The van der Waals surface area contributed by atoms with Crippen LogP contribution in [-0.2, 0) is 9.59 Å². The summed E-state index contributed by atoms with van der Waals surface area (Å²) in [7, 11) is 0. The second-order valence-electron chi connectivity index (χ2n) is 7.56. The summed E-state index contributed by atoms with van der Waals surface area (Å²) in [5.41, 5.74) is -1.32. The van der Waals surface area contributed by atoms with Crippen molar-refractivity contribution in [2.24, 2.45) is 0 Å². The van der Waals surface area contributed by atoms with Crippen LogP contribution < -0.4 is 10.6 Å². The summed E-state index contributed by atoms with van der Waals surface area (Å²) in [5, 5.41) is 6.43. The van der Waals surface area contributed by atoms with Gasteiger partial charge in [0.1, 0.15) is 5.54 Å². The van der Waals surface area contributed by atoms with Gasteiger partial charge in [-0.05, 0) is 40.5 Å². The summed E-state index contributed by atoms with van der Waals surface area (Å²) in [6.07, 6.45) is 1.12. The molecule has 0 saturated carbocycles. The molecule has 0 aromatic carbocycles. The molecule has 0 bridgehead atoms. The maximum absolute atomic E-state index is 12.9. The number of urea groups is 1. The van der Waals surface area contributed by atoms with Crippen LogP contribution in [-0.4, -0.2) is 50.9 Å². The number of amides is 3. The van der Waals surface area contributed by atoms with Gasteiger partial charge in [0.25, 0.3) is 5.91 Å². The van der Waals surface area contributed by atoms with Gasteiger partial charge in [0.15, 0.2) is 5.12 Å². The quantitative estimate of drug-likeness (QED) is 0.768. The molecule has 2 aliphatic heterocycles. The molecule has 6 nitrogen and oxygen atoms in total. The number of hydrogen-bond donors (Lipinski definition) is 2. The molecule has 2 N–H and O–H groups in total.